The minimum absolute atomic E-state index is 0.00254. The van der Waals surface area contributed by atoms with Gasteiger partial charge in [0.15, 0.2) is 0 Å². The predicted octanol–water partition coefficient (Wildman–Crippen LogP) is 4.38. The second kappa shape index (κ2) is 11.6. The van der Waals surface area contributed by atoms with E-state index in [9.17, 15) is 0 Å². The van der Waals surface area contributed by atoms with E-state index in [0.29, 0.717) is 11.9 Å². The SMILES string of the molecule is CCCCCCCCCCCC1N=C(N)N=C(N)N1Cc1ccccc1. The van der Waals surface area contributed by atoms with Gasteiger partial charge in [-0.25, -0.2) is 4.99 Å². The molecule has 0 fully saturated rings. The van der Waals surface area contributed by atoms with Gasteiger partial charge >= 0.3 is 0 Å². The average molecular weight is 358 g/mol. The summed E-state index contributed by atoms with van der Waals surface area (Å²) in [5, 5.41) is 0. The van der Waals surface area contributed by atoms with Crippen LogP contribution in [0.15, 0.2) is 40.3 Å². The van der Waals surface area contributed by atoms with Crippen LogP contribution in [0.3, 0.4) is 0 Å². The highest BCUT2D eigenvalue weighted by molar-refractivity contribution is 5.95. The van der Waals surface area contributed by atoms with Crippen LogP contribution in [0.2, 0.25) is 0 Å². The highest BCUT2D eigenvalue weighted by Gasteiger charge is 2.23. The normalized spacial score (nSPS) is 17.1. The minimum atomic E-state index is -0.00254. The number of unbranched alkanes of at least 4 members (excludes halogenated alkanes) is 8. The summed E-state index contributed by atoms with van der Waals surface area (Å²) in [5.41, 5.74) is 13.2. The van der Waals surface area contributed by atoms with Crippen molar-refractivity contribution in [2.24, 2.45) is 21.5 Å². The summed E-state index contributed by atoms with van der Waals surface area (Å²) in [6.45, 7) is 2.98. The summed E-state index contributed by atoms with van der Waals surface area (Å²) >= 11 is 0. The van der Waals surface area contributed by atoms with E-state index in [-0.39, 0.29) is 6.17 Å². The van der Waals surface area contributed by atoms with E-state index < -0.39 is 0 Å². The Labute approximate surface area is 158 Å². The number of nitrogens with zero attached hydrogens (tertiary/aromatic N) is 3. The first-order valence-electron chi connectivity index (χ1n) is 10.2. The Balaban J connectivity index is 1.73. The van der Waals surface area contributed by atoms with Gasteiger partial charge in [-0.3, -0.25) is 0 Å². The molecule has 1 atom stereocenters. The van der Waals surface area contributed by atoms with E-state index in [1.807, 2.05) is 18.2 Å². The largest absolute Gasteiger partial charge is 0.369 e. The fourth-order valence-corrected chi connectivity index (χ4v) is 3.41. The van der Waals surface area contributed by atoms with Gasteiger partial charge < -0.3 is 16.4 Å². The van der Waals surface area contributed by atoms with Crippen LogP contribution in [-0.2, 0) is 6.54 Å². The van der Waals surface area contributed by atoms with Gasteiger partial charge in [0.25, 0.3) is 0 Å². The Kier molecular flexibility index (Phi) is 9.01. The fraction of sp³-hybridized carbons (Fsp3) is 0.619. The number of hydrogen-bond acceptors (Lipinski definition) is 5. The van der Waals surface area contributed by atoms with Crippen LogP contribution in [0, 0.1) is 0 Å². The van der Waals surface area contributed by atoms with Crippen molar-refractivity contribution in [2.45, 2.75) is 83.8 Å². The van der Waals surface area contributed by atoms with Gasteiger partial charge in [0.1, 0.15) is 6.17 Å². The summed E-state index contributed by atoms with van der Waals surface area (Å²) in [6.07, 6.45) is 12.8. The molecule has 1 aliphatic heterocycles. The molecule has 1 aliphatic rings. The second-order valence-electron chi connectivity index (χ2n) is 7.17. The van der Waals surface area contributed by atoms with Crippen molar-refractivity contribution in [3.05, 3.63) is 35.9 Å². The molecule has 5 nitrogen and oxygen atoms in total. The standard InChI is InChI=1S/C21H35N5/c1-2-3-4-5-6-7-8-9-13-16-19-24-20(22)25-21(23)26(19)17-18-14-11-10-12-15-18/h10-12,14-15,19H,2-9,13,16-17H2,1H3,(H4,22,23,24,25). The van der Waals surface area contributed by atoms with Gasteiger partial charge in [-0.15, -0.1) is 0 Å². The molecular weight excluding hydrogens is 322 g/mol. The molecule has 26 heavy (non-hydrogen) atoms. The maximum absolute atomic E-state index is 6.13. The van der Waals surface area contributed by atoms with E-state index in [4.69, 9.17) is 11.5 Å². The van der Waals surface area contributed by atoms with Crippen molar-refractivity contribution < 1.29 is 0 Å². The lowest BCUT2D eigenvalue weighted by Crippen LogP contribution is -2.47. The van der Waals surface area contributed by atoms with Crippen molar-refractivity contribution in [3.63, 3.8) is 0 Å². The lowest BCUT2D eigenvalue weighted by Gasteiger charge is -2.32. The summed E-state index contributed by atoms with van der Waals surface area (Å²) in [6, 6.07) is 10.3. The number of nitrogens with two attached hydrogens (primary N) is 2. The number of benzene rings is 1. The zero-order valence-corrected chi connectivity index (χ0v) is 16.2. The first kappa shape index (κ1) is 20.3. The lowest BCUT2D eigenvalue weighted by molar-refractivity contribution is 0.281. The first-order chi connectivity index (χ1) is 12.7. The molecule has 0 aliphatic carbocycles. The van der Waals surface area contributed by atoms with Crippen LogP contribution in [-0.4, -0.2) is 23.0 Å². The molecule has 144 valence electrons. The Morgan fingerprint density at radius 1 is 0.885 bits per heavy atom. The molecular formula is C21H35N5. The van der Waals surface area contributed by atoms with Crippen molar-refractivity contribution in [1.82, 2.24) is 4.90 Å². The summed E-state index contributed by atoms with van der Waals surface area (Å²) in [5.74, 6) is 0.773. The third kappa shape index (κ3) is 7.06. The Morgan fingerprint density at radius 2 is 1.50 bits per heavy atom. The Morgan fingerprint density at radius 3 is 2.15 bits per heavy atom. The van der Waals surface area contributed by atoms with Crippen molar-refractivity contribution in [3.8, 4) is 0 Å². The number of aliphatic imine (C=N–C) groups is 2. The third-order valence-corrected chi connectivity index (χ3v) is 4.93. The van der Waals surface area contributed by atoms with Gasteiger partial charge in [0, 0.05) is 6.54 Å². The molecule has 0 saturated carbocycles. The van der Waals surface area contributed by atoms with Gasteiger partial charge in [-0.1, -0.05) is 88.6 Å². The first-order valence-corrected chi connectivity index (χ1v) is 10.2. The number of guanidine groups is 2. The molecule has 0 spiro atoms. The van der Waals surface area contributed by atoms with Crippen LogP contribution in [0.5, 0.6) is 0 Å². The van der Waals surface area contributed by atoms with E-state index in [0.717, 1.165) is 19.4 Å². The van der Waals surface area contributed by atoms with Gasteiger partial charge in [0.05, 0.1) is 0 Å². The van der Waals surface area contributed by atoms with Crippen LogP contribution < -0.4 is 11.5 Å². The monoisotopic (exact) mass is 357 g/mol. The van der Waals surface area contributed by atoms with Crippen LogP contribution in [0.1, 0.15) is 76.7 Å². The molecule has 4 N–H and O–H groups in total. The second-order valence-corrected chi connectivity index (χ2v) is 7.17. The van der Waals surface area contributed by atoms with E-state index in [1.54, 1.807) is 0 Å². The highest BCUT2D eigenvalue weighted by Crippen LogP contribution is 2.19. The van der Waals surface area contributed by atoms with Crippen LogP contribution in [0.4, 0.5) is 0 Å². The van der Waals surface area contributed by atoms with Gasteiger partial charge in [-0.05, 0) is 18.4 Å². The molecule has 2 rings (SSSR count). The summed E-state index contributed by atoms with van der Waals surface area (Å²) in [7, 11) is 0. The number of rotatable bonds is 12. The van der Waals surface area contributed by atoms with Crippen molar-refractivity contribution in [1.29, 1.82) is 0 Å². The van der Waals surface area contributed by atoms with Crippen molar-refractivity contribution >= 4 is 11.9 Å². The van der Waals surface area contributed by atoms with E-state index >= 15 is 0 Å². The number of hydrogen-bond donors (Lipinski definition) is 2. The molecule has 0 radical (unpaired) electrons. The highest BCUT2D eigenvalue weighted by atomic mass is 15.4. The third-order valence-electron chi connectivity index (χ3n) is 4.93. The van der Waals surface area contributed by atoms with Gasteiger partial charge in [0.2, 0.25) is 11.9 Å². The molecule has 0 bridgehead atoms. The molecule has 1 unspecified atom stereocenters. The van der Waals surface area contributed by atoms with Crippen LogP contribution >= 0.6 is 0 Å². The molecule has 1 aromatic rings. The molecule has 0 aromatic heterocycles. The zero-order chi connectivity index (χ0) is 18.6. The van der Waals surface area contributed by atoms with Crippen molar-refractivity contribution in [2.75, 3.05) is 0 Å². The maximum Gasteiger partial charge on any atom is 0.220 e. The van der Waals surface area contributed by atoms with Crippen LogP contribution in [0.25, 0.3) is 0 Å². The Hall–Kier alpha value is -2.04. The summed E-state index contributed by atoms with van der Waals surface area (Å²) in [4.78, 5) is 10.7. The predicted molar refractivity (Wildman–Crippen MR) is 111 cm³/mol. The van der Waals surface area contributed by atoms with E-state index in [2.05, 4.69) is 33.9 Å². The molecule has 0 saturated heterocycles. The minimum Gasteiger partial charge on any atom is -0.369 e. The molecule has 1 aromatic carbocycles. The average Bonchev–Trinajstić information content (AvgIpc) is 2.64. The summed E-state index contributed by atoms with van der Waals surface area (Å²) < 4.78 is 0. The quantitative estimate of drug-likeness (QED) is 0.545. The molecule has 0 amide bonds. The molecule has 5 heteroatoms. The topological polar surface area (TPSA) is 80.0 Å². The van der Waals surface area contributed by atoms with E-state index in [1.165, 1.54) is 56.9 Å². The zero-order valence-electron chi connectivity index (χ0n) is 16.2. The maximum atomic E-state index is 6.13. The smallest absolute Gasteiger partial charge is 0.220 e. The lowest BCUT2D eigenvalue weighted by atomic mass is 10.1. The Bertz CT molecular complexity index is 567. The fourth-order valence-electron chi connectivity index (χ4n) is 3.41. The molecule has 1 heterocycles. The van der Waals surface area contributed by atoms with Gasteiger partial charge in [-0.2, -0.15) is 4.99 Å².